The van der Waals surface area contributed by atoms with Gasteiger partial charge in [0.05, 0.1) is 0 Å². The summed E-state index contributed by atoms with van der Waals surface area (Å²) in [5.41, 5.74) is 0.495. The summed E-state index contributed by atoms with van der Waals surface area (Å²) in [5.74, 6) is 0.960. The van der Waals surface area contributed by atoms with E-state index in [4.69, 9.17) is 0 Å². The lowest BCUT2D eigenvalue weighted by Crippen LogP contribution is -2.41. The third kappa shape index (κ3) is 2.46. The van der Waals surface area contributed by atoms with Crippen LogP contribution in [0.15, 0.2) is 0 Å². The highest BCUT2D eigenvalue weighted by Gasteiger charge is 2.33. The first-order valence-electron chi connectivity index (χ1n) is 5.02. The maximum atomic E-state index is 3.41. The summed E-state index contributed by atoms with van der Waals surface area (Å²) >= 11 is 0. The van der Waals surface area contributed by atoms with Gasteiger partial charge in [-0.1, -0.05) is 20.3 Å². The Morgan fingerprint density at radius 2 is 2.00 bits per heavy atom. The second kappa shape index (κ2) is 4.24. The Balaban J connectivity index is 2.17. The molecule has 2 nitrogen and oxygen atoms in total. The minimum absolute atomic E-state index is 0.495. The molecule has 2 N–H and O–H groups in total. The second-order valence-corrected chi connectivity index (χ2v) is 4.57. The van der Waals surface area contributed by atoms with Gasteiger partial charge in [-0.2, -0.15) is 0 Å². The van der Waals surface area contributed by atoms with Crippen LogP contribution in [0.4, 0.5) is 0 Å². The smallest absolute Gasteiger partial charge is 0.0451 e. The molecule has 1 fully saturated rings. The SMILES string of the molecule is CNCNCC(C)(C)C1CCC1. The summed E-state index contributed by atoms with van der Waals surface area (Å²) < 4.78 is 0. The topological polar surface area (TPSA) is 24.1 Å². The molecule has 0 aromatic rings. The molecule has 0 unspecified atom stereocenters. The van der Waals surface area contributed by atoms with Crippen LogP contribution in [0.5, 0.6) is 0 Å². The van der Waals surface area contributed by atoms with Gasteiger partial charge in [0, 0.05) is 13.2 Å². The normalized spacial score (nSPS) is 19.2. The van der Waals surface area contributed by atoms with Crippen molar-refractivity contribution in [2.24, 2.45) is 11.3 Å². The van der Waals surface area contributed by atoms with Crippen LogP contribution in [0, 0.1) is 11.3 Å². The predicted octanol–water partition coefficient (Wildman–Crippen LogP) is 1.58. The Morgan fingerprint density at radius 3 is 2.42 bits per heavy atom. The molecule has 0 radical (unpaired) electrons. The van der Waals surface area contributed by atoms with Crippen LogP contribution in [0.25, 0.3) is 0 Å². The number of nitrogens with one attached hydrogen (secondary N) is 2. The molecule has 72 valence electrons. The fourth-order valence-corrected chi connectivity index (χ4v) is 1.84. The summed E-state index contributed by atoms with van der Waals surface area (Å²) in [7, 11) is 1.98. The summed E-state index contributed by atoms with van der Waals surface area (Å²) in [6.07, 6.45) is 4.32. The minimum Gasteiger partial charge on any atom is -0.308 e. The van der Waals surface area contributed by atoms with E-state index in [1.165, 1.54) is 19.3 Å². The quantitative estimate of drug-likeness (QED) is 0.483. The Bertz CT molecular complexity index is 128. The fraction of sp³-hybridized carbons (Fsp3) is 1.00. The standard InChI is InChI=1S/C10H22N2/c1-10(2,7-12-8-11-3)9-5-4-6-9/h9,11-12H,4-8H2,1-3H3. The minimum atomic E-state index is 0.495. The van der Waals surface area contributed by atoms with Gasteiger partial charge in [0.1, 0.15) is 0 Å². The Labute approximate surface area is 76.1 Å². The first-order valence-corrected chi connectivity index (χ1v) is 5.02. The van der Waals surface area contributed by atoms with E-state index >= 15 is 0 Å². The molecular weight excluding hydrogens is 148 g/mol. The third-order valence-electron chi connectivity index (χ3n) is 3.09. The molecular formula is C10H22N2. The molecule has 0 saturated heterocycles. The average molecular weight is 170 g/mol. The molecule has 0 aliphatic heterocycles. The van der Waals surface area contributed by atoms with Crippen LogP contribution in [-0.2, 0) is 0 Å². The lowest BCUT2D eigenvalue weighted by molar-refractivity contribution is 0.118. The molecule has 0 atom stereocenters. The molecule has 1 aliphatic carbocycles. The molecule has 12 heavy (non-hydrogen) atoms. The first kappa shape index (κ1) is 10.0. The Morgan fingerprint density at radius 1 is 1.33 bits per heavy atom. The van der Waals surface area contributed by atoms with E-state index in [9.17, 15) is 0 Å². The van der Waals surface area contributed by atoms with Gasteiger partial charge in [-0.05, 0) is 31.2 Å². The van der Waals surface area contributed by atoms with Crippen LogP contribution in [0.3, 0.4) is 0 Å². The van der Waals surface area contributed by atoms with E-state index in [1.807, 2.05) is 7.05 Å². The van der Waals surface area contributed by atoms with Crippen molar-refractivity contribution >= 4 is 0 Å². The number of hydrogen-bond acceptors (Lipinski definition) is 2. The van der Waals surface area contributed by atoms with E-state index in [0.29, 0.717) is 5.41 Å². The van der Waals surface area contributed by atoms with Gasteiger partial charge in [0.2, 0.25) is 0 Å². The van der Waals surface area contributed by atoms with Crippen molar-refractivity contribution in [1.29, 1.82) is 0 Å². The third-order valence-corrected chi connectivity index (χ3v) is 3.09. The first-order chi connectivity index (χ1) is 5.67. The molecule has 0 bridgehead atoms. The predicted molar refractivity (Wildman–Crippen MR) is 53.1 cm³/mol. The zero-order valence-electron chi connectivity index (χ0n) is 8.61. The maximum absolute atomic E-state index is 3.41. The van der Waals surface area contributed by atoms with E-state index < -0.39 is 0 Å². The van der Waals surface area contributed by atoms with Crippen molar-refractivity contribution in [3.05, 3.63) is 0 Å². The molecule has 2 heteroatoms. The Kier molecular flexibility index (Phi) is 3.53. The number of rotatable bonds is 5. The average Bonchev–Trinajstić information content (AvgIpc) is 1.82. The van der Waals surface area contributed by atoms with Crippen LogP contribution in [0.2, 0.25) is 0 Å². The highest BCUT2D eigenvalue weighted by Crippen LogP contribution is 2.40. The van der Waals surface area contributed by atoms with Crippen LogP contribution in [-0.4, -0.2) is 20.3 Å². The van der Waals surface area contributed by atoms with E-state index in [-0.39, 0.29) is 0 Å². The fourth-order valence-electron chi connectivity index (χ4n) is 1.84. The van der Waals surface area contributed by atoms with Crippen molar-refractivity contribution in [3.63, 3.8) is 0 Å². The van der Waals surface area contributed by atoms with Crippen molar-refractivity contribution in [1.82, 2.24) is 10.6 Å². The summed E-state index contributed by atoms with van der Waals surface area (Å²) in [4.78, 5) is 0. The molecule has 0 heterocycles. The monoisotopic (exact) mass is 170 g/mol. The van der Waals surface area contributed by atoms with Gasteiger partial charge < -0.3 is 10.6 Å². The highest BCUT2D eigenvalue weighted by atomic mass is 15.0. The van der Waals surface area contributed by atoms with Crippen LogP contribution in [0.1, 0.15) is 33.1 Å². The van der Waals surface area contributed by atoms with Crippen molar-refractivity contribution in [2.45, 2.75) is 33.1 Å². The van der Waals surface area contributed by atoms with Gasteiger partial charge in [-0.15, -0.1) is 0 Å². The number of hydrogen-bond donors (Lipinski definition) is 2. The molecule has 0 spiro atoms. The summed E-state index contributed by atoms with van der Waals surface area (Å²) in [6, 6.07) is 0. The van der Waals surface area contributed by atoms with Gasteiger partial charge in [-0.3, -0.25) is 0 Å². The summed E-state index contributed by atoms with van der Waals surface area (Å²) in [6.45, 7) is 6.81. The zero-order chi connectivity index (χ0) is 9.03. The molecule has 0 amide bonds. The zero-order valence-corrected chi connectivity index (χ0v) is 8.61. The van der Waals surface area contributed by atoms with Crippen LogP contribution < -0.4 is 10.6 Å². The van der Waals surface area contributed by atoms with Gasteiger partial charge in [0.25, 0.3) is 0 Å². The van der Waals surface area contributed by atoms with Crippen LogP contribution >= 0.6 is 0 Å². The lowest BCUT2D eigenvalue weighted by Gasteiger charge is -2.40. The molecule has 0 aromatic carbocycles. The molecule has 1 saturated carbocycles. The van der Waals surface area contributed by atoms with E-state index in [0.717, 1.165) is 19.1 Å². The molecule has 1 aliphatic rings. The van der Waals surface area contributed by atoms with E-state index in [1.54, 1.807) is 0 Å². The van der Waals surface area contributed by atoms with Gasteiger partial charge >= 0.3 is 0 Å². The lowest BCUT2D eigenvalue weighted by atomic mass is 9.67. The second-order valence-electron chi connectivity index (χ2n) is 4.57. The summed E-state index contributed by atoms with van der Waals surface area (Å²) in [5, 5.41) is 6.52. The highest BCUT2D eigenvalue weighted by molar-refractivity contribution is 4.85. The van der Waals surface area contributed by atoms with Crippen molar-refractivity contribution in [2.75, 3.05) is 20.3 Å². The van der Waals surface area contributed by atoms with Crippen molar-refractivity contribution < 1.29 is 0 Å². The van der Waals surface area contributed by atoms with Gasteiger partial charge in [-0.25, -0.2) is 0 Å². The van der Waals surface area contributed by atoms with Crippen molar-refractivity contribution in [3.8, 4) is 0 Å². The largest absolute Gasteiger partial charge is 0.308 e. The molecule has 1 rings (SSSR count). The van der Waals surface area contributed by atoms with E-state index in [2.05, 4.69) is 24.5 Å². The molecule has 0 aromatic heterocycles. The van der Waals surface area contributed by atoms with Gasteiger partial charge in [0.15, 0.2) is 0 Å². The Hall–Kier alpha value is -0.0800. The maximum Gasteiger partial charge on any atom is 0.0451 e.